The molecule has 1 aliphatic rings. The first-order valence-electron chi connectivity index (χ1n) is 10.8. The van der Waals surface area contributed by atoms with Crippen LogP contribution in [0, 0.1) is 0 Å². The Morgan fingerprint density at radius 1 is 1.27 bits per heavy atom. The lowest BCUT2D eigenvalue weighted by molar-refractivity contribution is 0.0696. The van der Waals surface area contributed by atoms with Crippen LogP contribution >= 0.6 is 0 Å². The van der Waals surface area contributed by atoms with E-state index in [9.17, 15) is 9.59 Å². The lowest BCUT2D eigenvalue weighted by Crippen LogP contribution is -2.38. The zero-order valence-corrected chi connectivity index (χ0v) is 17.6. The van der Waals surface area contributed by atoms with Crippen molar-refractivity contribution in [2.45, 2.75) is 51.1 Å². The van der Waals surface area contributed by atoms with Crippen LogP contribution in [-0.2, 0) is 6.54 Å². The zero-order valence-electron chi connectivity index (χ0n) is 17.6. The standard InChI is InChI=1S/C25H29N3O2/c1-3-4-15-28-17-22(21-13-14-26-23(21)25(28)30)18-9-8-10-19(16-18)24(29)27(2)20-11-6-5-7-12-20/h3,8-10,13-14,16-17,20,26H,1,4-7,11-12,15H2,2H3. The van der Waals surface area contributed by atoms with Crippen LogP contribution in [0.25, 0.3) is 22.0 Å². The average molecular weight is 404 g/mol. The van der Waals surface area contributed by atoms with E-state index in [1.807, 2.05) is 54.6 Å². The smallest absolute Gasteiger partial charge is 0.274 e. The predicted octanol–water partition coefficient (Wildman–Crippen LogP) is 4.98. The minimum atomic E-state index is -0.0372. The number of carbonyl (C=O) groups is 1. The summed E-state index contributed by atoms with van der Waals surface area (Å²) in [7, 11) is 1.92. The van der Waals surface area contributed by atoms with E-state index < -0.39 is 0 Å². The molecular formula is C25H29N3O2. The summed E-state index contributed by atoms with van der Waals surface area (Å²) in [6, 6.07) is 10.0. The summed E-state index contributed by atoms with van der Waals surface area (Å²) < 4.78 is 1.72. The molecule has 1 N–H and O–H groups in total. The Balaban J connectivity index is 1.71. The maximum Gasteiger partial charge on any atom is 0.274 e. The van der Waals surface area contributed by atoms with Crippen molar-refractivity contribution >= 4 is 16.8 Å². The lowest BCUT2D eigenvalue weighted by atomic mass is 9.94. The average Bonchev–Trinajstić information content (AvgIpc) is 3.29. The number of hydrogen-bond acceptors (Lipinski definition) is 2. The van der Waals surface area contributed by atoms with Gasteiger partial charge in [-0.15, -0.1) is 6.58 Å². The highest BCUT2D eigenvalue weighted by Gasteiger charge is 2.23. The second-order valence-corrected chi connectivity index (χ2v) is 8.17. The molecule has 0 atom stereocenters. The number of benzene rings is 1. The molecule has 2 heterocycles. The van der Waals surface area contributed by atoms with Crippen molar-refractivity contribution in [3.8, 4) is 11.1 Å². The van der Waals surface area contributed by atoms with Gasteiger partial charge in [0, 0.05) is 48.5 Å². The third-order valence-electron chi connectivity index (χ3n) is 6.23. The van der Waals surface area contributed by atoms with Gasteiger partial charge in [0.25, 0.3) is 11.5 Å². The zero-order chi connectivity index (χ0) is 21.1. The molecule has 4 rings (SSSR count). The Kier molecular flexibility index (Phi) is 5.88. The Hall–Kier alpha value is -3.08. The van der Waals surface area contributed by atoms with E-state index in [0.717, 1.165) is 35.8 Å². The van der Waals surface area contributed by atoms with Gasteiger partial charge in [-0.1, -0.05) is 37.5 Å². The number of amides is 1. The first kappa shape index (κ1) is 20.2. The van der Waals surface area contributed by atoms with Gasteiger partial charge in [0.2, 0.25) is 0 Å². The topological polar surface area (TPSA) is 58.1 Å². The number of aromatic nitrogens is 2. The highest BCUT2D eigenvalue weighted by atomic mass is 16.2. The Morgan fingerprint density at radius 3 is 2.83 bits per heavy atom. The van der Waals surface area contributed by atoms with Crippen molar-refractivity contribution < 1.29 is 4.79 Å². The molecule has 30 heavy (non-hydrogen) atoms. The van der Waals surface area contributed by atoms with Gasteiger partial charge in [-0.25, -0.2) is 0 Å². The minimum Gasteiger partial charge on any atom is -0.357 e. The maximum absolute atomic E-state index is 13.2. The molecule has 0 spiro atoms. The van der Waals surface area contributed by atoms with Gasteiger partial charge in [-0.2, -0.15) is 0 Å². The van der Waals surface area contributed by atoms with Crippen molar-refractivity contribution in [2.24, 2.45) is 0 Å². The molecule has 1 saturated carbocycles. The van der Waals surface area contributed by atoms with Gasteiger partial charge in [0.15, 0.2) is 0 Å². The first-order valence-corrected chi connectivity index (χ1v) is 10.8. The molecule has 1 amide bonds. The number of hydrogen-bond donors (Lipinski definition) is 1. The number of carbonyl (C=O) groups excluding carboxylic acids is 1. The Labute approximate surface area is 177 Å². The van der Waals surface area contributed by atoms with Gasteiger partial charge < -0.3 is 14.5 Å². The second-order valence-electron chi connectivity index (χ2n) is 8.17. The molecular weight excluding hydrogens is 374 g/mol. The molecule has 0 aliphatic heterocycles. The number of aromatic amines is 1. The van der Waals surface area contributed by atoms with Gasteiger partial charge in [0.05, 0.1) is 0 Å². The van der Waals surface area contributed by atoms with Crippen molar-refractivity contribution in [1.29, 1.82) is 0 Å². The van der Waals surface area contributed by atoms with E-state index in [0.29, 0.717) is 23.7 Å². The number of pyridine rings is 1. The fraction of sp³-hybridized carbons (Fsp3) is 0.360. The predicted molar refractivity (Wildman–Crippen MR) is 122 cm³/mol. The number of H-pyrrole nitrogens is 1. The van der Waals surface area contributed by atoms with Crippen LogP contribution in [0.1, 0.15) is 48.9 Å². The largest absolute Gasteiger partial charge is 0.357 e. The van der Waals surface area contributed by atoms with Crippen LogP contribution in [0.3, 0.4) is 0 Å². The van der Waals surface area contributed by atoms with Gasteiger partial charge >= 0.3 is 0 Å². The molecule has 1 aromatic carbocycles. The van der Waals surface area contributed by atoms with Crippen molar-refractivity contribution in [3.63, 3.8) is 0 Å². The number of rotatable bonds is 6. The number of fused-ring (bicyclic) bond motifs is 1. The van der Waals surface area contributed by atoms with E-state index >= 15 is 0 Å². The third kappa shape index (κ3) is 3.84. The normalized spacial score (nSPS) is 14.7. The van der Waals surface area contributed by atoms with Crippen LogP contribution < -0.4 is 5.56 Å². The molecule has 5 nitrogen and oxygen atoms in total. The van der Waals surface area contributed by atoms with Crippen LogP contribution in [0.4, 0.5) is 0 Å². The first-order chi connectivity index (χ1) is 14.6. The molecule has 1 aliphatic carbocycles. The fourth-order valence-corrected chi connectivity index (χ4v) is 4.48. The van der Waals surface area contributed by atoms with E-state index in [1.165, 1.54) is 19.3 Å². The molecule has 156 valence electrons. The van der Waals surface area contributed by atoms with Crippen molar-refractivity contribution in [2.75, 3.05) is 7.05 Å². The van der Waals surface area contributed by atoms with Crippen molar-refractivity contribution in [1.82, 2.24) is 14.5 Å². The summed E-state index contributed by atoms with van der Waals surface area (Å²) in [4.78, 5) is 30.9. The van der Waals surface area contributed by atoms with Gasteiger partial charge in [-0.05, 0) is 43.0 Å². The monoisotopic (exact) mass is 403 g/mol. The lowest BCUT2D eigenvalue weighted by Gasteiger charge is -2.31. The van der Waals surface area contributed by atoms with E-state index in [-0.39, 0.29) is 11.5 Å². The van der Waals surface area contributed by atoms with Crippen LogP contribution in [0.5, 0.6) is 0 Å². The second kappa shape index (κ2) is 8.74. The summed E-state index contributed by atoms with van der Waals surface area (Å²) in [6.45, 7) is 4.34. The SMILES string of the molecule is C=CCCn1cc(-c2cccc(C(=O)N(C)C3CCCCC3)c2)c2cc[nH]c2c1=O. The van der Waals surface area contributed by atoms with Gasteiger partial charge in [0.1, 0.15) is 5.52 Å². The number of allylic oxidation sites excluding steroid dienone is 1. The highest BCUT2D eigenvalue weighted by Crippen LogP contribution is 2.28. The molecule has 0 radical (unpaired) electrons. The van der Waals surface area contributed by atoms with E-state index in [2.05, 4.69) is 11.6 Å². The molecule has 0 unspecified atom stereocenters. The summed E-state index contributed by atoms with van der Waals surface area (Å²) in [6.07, 6.45) is 12.0. The molecule has 0 bridgehead atoms. The van der Waals surface area contributed by atoms with E-state index in [4.69, 9.17) is 0 Å². The van der Waals surface area contributed by atoms with Crippen molar-refractivity contribution in [3.05, 3.63) is 71.3 Å². The summed E-state index contributed by atoms with van der Waals surface area (Å²) in [5.41, 5.74) is 3.13. The molecule has 5 heteroatoms. The number of nitrogens with one attached hydrogen (secondary N) is 1. The maximum atomic E-state index is 13.2. The number of aryl methyl sites for hydroxylation is 1. The Morgan fingerprint density at radius 2 is 2.07 bits per heavy atom. The summed E-state index contributed by atoms with van der Waals surface area (Å²) >= 11 is 0. The molecule has 1 fully saturated rings. The molecule has 0 saturated heterocycles. The Bertz CT molecular complexity index is 1120. The van der Waals surface area contributed by atoms with Crippen LogP contribution in [0.2, 0.25) is 0 Å². The fourth-order valence-electron chi connectivity index (χ4n) is 4.48. The minimum absolute atomic E-state index is 0.0372. The van der Waals surface area contributed by atoms with E-state index in [1.54, 1.807) is 10.8 Å². The van der Waals surface area contributed by atoms with Crippen LogP contribution in [0.15, 0.2) is 60.2 Å². The summed E-state index contributed by atoms with van der Waals surface area (Å²) in [5.74, 6) is 0.0639. The van der Waals surface area contributed by atoms with Gasteiger partial charge in [-0.3, -0.25) is 9.59 Å². The molecule has 3 aromatic rings. The van der Waals surface area contributed by atoms with Crippen LogP contribution in [-0.4, -0.2) is 33.4 Å². The number of nitrogens with zero attached hydrogens (tertiary/aromatic N) is 2. The third-order valence-corrected chi connectivity index (χ3v) is 6.23. The summed E-state index contributed by atoms with van der Waals surface area (Å²) in [5, 5.41) is 0.875. The quantitative estimate of drug-likeness (QED) is 0.590. The highest BCUT2D eigenvalue weighted by molar-refractivity contribution is 5.98. The molecule has 2 aromatic heterocycles.